The molecule has 1 radical (unpaired) electrons. The molecule has 0 saturated heterocycles. The van der Waals surface area contributed by atoms with Gasteiger partial charge >= 0.3 is 25.8 Å². The van der Waals surface area contributed by atoms with Gasteiger partial charge in [-0.25, -0.2) is 0 Å². The van der Waals surface area contributed by atoms with Gasteiger partial charge in [0, 0.05) is 36.3 Å². The summed E-state index contributed by atoms with van der Waals surface area (Å²) in [5, 5.41) is 0. The Morgan fingerprint density at radius 2 is 0.667 bits per heavy atom. The minimum Gasteiger partial charge on any atom is 0 e. The Bertz CT molecular complexity index is 10.8. The maximum Gasteiger partial charge on any atom is 0 e. The summed E-state index contributed by atoms with van der Waals surface area (Å²) < 4.78 is 0. The van der Waals surface area contributed by atoms with Crippen molar-refractivity contribution in [3.05, 3.63) is 0 Å². The maximum absolute atomic E-state index is 0. The van der Waals surface area contributed by atoms with E-state index in [1.54, 1.807) is 0 Å². The molecule has 6 heteroatoms. The number of hydrogen-bond acceptors (Lipinski definition) is 0. The summed E-state index contributed by atoms with van der Waals surface area (Å²) in [6, 6.07) is 0. The first kappa shape index (κ1) is 106. The van der Waals surface area contributed by atoms with Crippen molar-refractivity contribution in [2.24, 2.45) is 0 Å². The third-order valence-corrected chi connectivity index (χ3v) is 0. The summed E-state index contributed by atoms with van der Waals surface area (Å²) >= 11 is 0. The van der Waals surface area contributed by atoms with E-state index in [0.717, 1.165) is 0 Å². The van der Waals surface area contributed by atoms with Gasteiger partial charge in [0.2, 0.25) is 0 Å². The van der Waals surface area contributed by atoms with Crippen LogP contribution in [0.4, 0.5) is 0 Å². The molecule has 6 heavy (non-hydrogen) atoms. The van der Waals surface area contributed by atoms with Gasteiger partial charge < -0.3 is 16.4 Å². The SMILES string of the molecule is O.O.O.[Co].[InH3].[Zn]. The molecule has 0 rings (SSSR count). The molecular formula is H9CoInO3Zn. The normalized spacial score (nSPS) is 0. The summed E-state index contributed by atoms with van der Waals surface area (Å²) in [4.78, 5) is 0. The van der Waals surface area contributed by atoms with Crippen molar-refractivity contribution in [3.8, 4) is 0 Å². The van der Waals surface area contributed by atoms with Gasteiger partial charge in [0.15, 0.2) is 0 Å². The third-order valence-electron chi connectivity index (χ3n) is 0. The van der Waals surface area contributed by atoms with E-state index in [4.69, 9.17) is 0 Å². The molecule has 0 amide bonds. The summed E-state index contributed by atoms with van der Waals surface area (Å²) in [7, 11) is 0. The molecule has 0 unspecified atom stereocenters. The van der Waals surface area contributed by atoms with Crippen molar-refractivity contribution in [2.75, 3.05) is 0 Å². The van der Waals surface area contributed by atoms with Crippen LogP contribution in [0.25, 0.3) is 0 Å². The van der Waals surface area contributed by atoms with Gasteiger partial charge in [0.25, 0.3) is 0 Å². The molecular weight excluding hydrogens is 287 g/mol. The average Bonchev–Trinajstić information content (AvgIpc) is 0. The average molecular weight is 296 g/mol. The van der Waals surface area contributed by atoms with Crippen molar-refractivity contribution < 1.29 is 52.7 Å². The Hall–Kier alpha value is 1.88. The van der Waals surface area contributed by atoms with Gasteiger partial charge in [-0.1, -0.05) is 0 Å². The standard InChI is InChI=1S/Co.In.3H2O.Zn.3H/h;;3*1H2;;;;. The fourth-order valence-electron chi connectivity index (χ4n) is 0. The fraction of sp³-hybridized carbons (Fsp3) is 0. The third kappa shape index (κ3) is 39.6. The van der Waals surface area contributed by atoms with E-state index in [1.807, 2.05) is 0 Å². The van der Waals surface area contributed by atoms with Crippen LogP contribution < -0.4 is 0 Å². The number of hydrogen-bond donors (Lipinski definition) is 0. The van der Waals surface area contributed by atoms with E-state index in [1.165, 1.54) is 0 Å². The first-order chi connectivity index (χ1) is 0. The zero-order valence-electron chi connectivity index (χ0n) is 2.54. The molecule has 0 spiro atoms. The molecule has 0 bridgehead atoms. The molecule has 0 aliphatic rings. The maximum atomic E-state index is 0. The second-order valence-corrected chi connectivity index (χ2v) is 0. The predicted molar refractivity (Wildman–Crippen MR) is 20.8 cm³/mol. The quantitative estimate of drug-likeness (QED) is 0.412. The molecule has 41 valence electrons. The Kier molecular flexibility index (Phi) is 1180. The van der Waals surface area contributed by atoms with E-state index in [-0.39, 0.29) is 78.5 Å². The molecule has 6 N–H and O–H groups in total. The van der Waals surface area contributed by atoms with E-state index in [2.05, 4.69) is 0 Å². The first-order valence-corrected chi connectivity index (χ1v) is 0. The largest absolute Gasteiger partial charge is 0 e. The van der Waals surface area contributed by atoms with Crippen LogP contribution in [-0.4, -0.2) is 42.3 Å². The molecule has 0 aromatic heterocycles. The topological polar surface area (TPSA) is 94.5 Å². The van der Waals surface area contributed by atoms with Gasteiger partial charge in [0.1, 0.15) is 0 Å². The minimum atomic E-state index is 0. The smallest absolute Gasteiger partial charge is 0 e. The van der Waals surface area contributed by atoms with Gasteiger partial charge in [0.05, 0.1) is 0 Å². The van der Waals surface area contributed by atoms with Crippen LogP contribution in [0.2, 0.25) is 0 Å². The van der Waals surface area contributed by atoms with Gasteiger partial charge in [-0.15, -0.1) is 0 Å². The van der Waals surface area contributed by atoms with Crippen LogP contribution in [0.3, 0.4) is 0 Å². The van der Waals surface area contributed by atoms with E-state index in [0.29, 0.717) is 0 Å². The van der Waals surface area contributed by atoms with E-state index < -0.39 is 0 Å². The zero-order chi connectivity index (χ0) is 0. The predicted octanol–water partition coefficient (Wildman–Crippen LogP) is -3.66. The molecule has 3 nitrogen and oxygen atoms in total. The summed E-state index contributed by atoms with van der Waals surface area (Å²) in [6.07, 6.45) is 0. The van der Waals surface area contributed by atoms with Crippen molar-refractivity contribution in [1.29, 1.82) is 0 Å². The molecule has 0 aromatic carbocycles. The fourth-order valence-corrected chi connectivity index (χ4v) is 0. The monoisotopic (exact) mass is 295 g/mol. The Morgan fingerprint density at radius 1 is 0.667 bits per heavy atom. The summed E-state index contributed by atoms with van der Waals surface area (Å²) in [5.41, 5.74) is 0. The van der Waals surface area contributed by atoms with E-state index >= 15 is 0 Å². The molecule has 0 aromatic rings. The molecule has 0 heterocycles. The van der Waals surface area contributed by atoms with Crippen molar-refractivity contribution in [2.45, 2.75) is 0 Å². The molecule has 0 fully saturated rings. The summed E-state index contributed by atoms with van der Waals surface area (Å²) in [6.45, 7) is 0. The Balaban J connectivity index is 0. The van der Waals surface area contributed by atoms with Crippen LogP contribution in [0.5, 0.6) is 0 Å². The van der Waals surface area contributed by atoms with Crippen LogP contribution >= 0.6 is 0 Å². The summed E-state index contributed by atoms with van der Waals surface area (Å²) in [5.74, 6) is 0. The molecule has 0 atom stereocenters. The van der Waals surface area contributed by atoms with E-state index in [9.17, 15) is 0 Å². The van der Waals surface area contributed by atoms with Crippen molar-refractivity contribution >= 4 is 25.8 Å². The van der Waals surface area contributed by atoms with Gasteiger partial charge in [-0.05, 0) is 0 Å². The van der Waals surface area contributed by atoms with Gasteiger partial charge in [-0.3, -0.25) is 0 Å². The van der Waals surface area contributed by atoms with Gasteiger partial charge in [-0.2, -0.15) is 0 Å². The molecule has 0 saturated carbocycles. The second-order valence-electron chi connectivity index (χ2n) is 0. The van der Waals surface area contributed by atoms with Crippen LogP contribution in [0.15, 0.2) is 0 Å². The second kappa shape index (κ2) is 67.3. The zero-order valence-corrected chi connectivity index (χ0v) is 6.55. The number of rotatable bonds is 0. The van der Waals surface area contributed by atoms with Crippen LogP contribution in [0.1, 0.15) is 0 Å². The molecule has 0 aliphatic carbocycles. The Morgan fingerprint density at radius 3 is 0.667 bits per heavy atom. The minimum absolute atomic E-state index is 0. The molecule has 0 aliphatic heterocycles. The van der Waals surface area contributed by atoms with Crippen LogP contribution in [0, 0.1) is 0 Å². The Labute approximate surface area is 77.9 Å². The first-order valence-electron chi connectivity index (χ1n) is 0. The van der Waals surface area contributed by atoms with Crippen molar-refractivity contribution in [1.82, 2.24) is 0 Å². The van der Waals surface area contributed by atoms with Crippen molar-refractivity contribution in [3.63, 3.8) is 0 Å². The van der Waals surface area contributed by atoms with Crippen LogP contribution in [-0.2, 0) is 36.3 Å².